The molecule has 1 aromatic heterocycles. The minimum Gasteiger partial charge on any atom is -0.354 e. The molecule has 4 nitrogen and oxygen atoms in total. The van der Waals surface area contributed by atoms with Crippen molar-refractivity contribution in [2.24, 2.45) is 0 Å². The first kappa shape index (κ1) is 10.5. The van der Waals surface area contributed by atoms with E-state index in [4.69, 9.17) is 21.8 Å². The molecule has 0 spiro atoms. The second kappa shape index (κ2) is 5.44. The van der Waals surface area contributed by atoms with Crippen LogP contribution in [0, 0.1) is 5.82 Å². The highest BCUT2D eigenvalue weighted by Gasteiger charge is 2.59. The minimum absolute atomic E-state index is 0.0284. The van der Waals surface area contributed by atoms with Gasteiger partial charge in [0.15, 0.2) is 0 Å². The molecule has 0 aliphatic carbocycles. The Kier molecular flexibility index (Phi) is 2.49. The zero-order valence-corrected chi connectivity index (χ0v) is 12.5. The maximum Gasteiger partial charge on any atom is 0.144 e. The van der Waals surface area contributed by atoms with Gasteiger partial charge in [-0.1, -0.05) is 41.9 Å². The van der Waals surface area contributed by atoms with E-state index in [0.717, 1.165) is 0 Å². The molecule has 1 aliphatic heterocycles. The number of hydrogen-bond donors (Lipinski definition) is 0. The van der Waals surface area contributed by atoms with Crippen LogP contribution in [-0.4, -0.2) is 14.8 Å². The predicted octanol–water partition coefficient (Wildman–Crippen LogP) is 3.74. The van der Waals surface area contributed by atoms with Gasteiger partial charge in [-0.3, -0.25) is 0 Å². The highest BCUT2D eigenvalue weighted by molar-refractivity contribution is 6.31. The van der Waals surface area contributed by atoms with Crippen molar-refractivity contribution in [3.8, 4) is 0 Å². The molecule has 4 rings (SSSR count). The summed E-state index contributed by atoms with van der Waals surface area (Å²) < 4.78 is 53.5. The number of hydrogen-bond acceptors (Lipinski definition) is 3. The van der Waals surface area contributed by atoms with Crippen LogP contribution in [0.15, 0.2) is 61.1 Å². The molecule has 0 radical (unpaired) electrons. The summed E-state index contributed by atoms with van der Waals surface area (Å²) in [4.78, 5) is 3.88. The summed E-state index contributed by atoms with van der Waals surface area (Å²) in [5.41, 5.74) is -0.661. The lowest BCUT2D eigenvalue weighted by atomic mass is 9.91. The number of halogens is 2. The molecule has 23 heavy (non-hydrogen) atoms. The van der Waals surface area contributed by atoms with Gasteiger partial charge in [-0.15, -0.1) is 0 Å². The fourth-order valence-electron chi connectivity index (χ4n) is 2.63. The van der Waals surface area contributed by atoms with Crippen LogP contribution in [-0.2, 0) is 16.9 Å². The summed E-state index contributed by atoms with van der Waals surface area (Å²) in [6.07, 6.45) is 2.15. The zero-order valence-electron chi connectivity index (χ0n) is 15.8. The first-order valence-electron chi connectivity index (χ1n) is 8.88. The van der Waals surface area contributed by atoms with Crippen molar-refractivity contribution in [2.45, 2.75) is 18.2 Å². The lowest BCUT2D eigenvalue weighted by Gasteiger charge is -2.14. The number of ether oxygens (including phenoxy) is 1. The molecule has 1 aliphatic rings. The van der Waals surface area contributed by atoms with Crippen molar-refractivity contribution in [1.82, 2.24) is 14.8 Å². The molecule has 2 aromatic carbocycles. The molecule has 116 valence electrons. The van der Waals surface area contributed by atoms with Gasteiger partial charge < -0.3 is 4.74 Å². The summed E-state index contributed by atoms with van der Waals surface area (Å²) in [5, 5.41) is 4.49. The van der Waals surface area contributed by atoms with Crippen molar-refractivity contribution in [1.29, 1.82) is 0 Å². The number of benzene rings is 2. The van der Waals surface area contributed by atoms with E-state index in [1.807, 2.05) is 0 Å². The van der Waals surface area contributed by atoms with Gasteiger partial charge in [0.1, 0.15) is 30.2 Å². The third kappa shape index (κ3) is 2.52. The number of aromatic nitrogens is 3. The Morgan fingerprint density at radius 1 is 1.30 bits per heavy atom. The predicted molar refractivity (Wildman–Crippen MR) is 83.4 cm³/mol. The Bertz CT molecular complexity index is 1000. The summed E-state index contributed by atoms with van der Waals surface area (Å²) >= 11 is 6.28. The second-order valence-electron chi connectivity index (χ2n) is 5.19. The number of nitrogens with zero attached hydrogens (tertiary/aromatic N) is 3. The third-order valence-electron chi connectivity index (χ3n) is 3.76. The van der Waals surface area contributed by atoms with Crippen LogP contribution in [0.2, 0.25) is 5.02 Å². The molecule has 0 unspecified atom stereocenters. The van der Waals surface area contributed by atoms with Gasteiger partial charge in [0.25, 0.3) is 0 Å². The standard InChI is InChI=1S/C17H13ClFN3O/c18-15-4-2-1-3-14(15)16-17(23-16,9-22-11-20-10-21-22)12-5-7-13(19)8-6-12/h1-8,10-11,16H,9H2/t16-,17-/m1/s1/i5D,6D,7D,8D. The van der Waals surface area contributed by atoms with Crippen molar-refractivity contribution in [3.05, 3.63) is 83.1 Å². The molecule has 2 atom stereocenters. The molecule has 1 fully saturated rings. The van der Waals surface area contributed by atoms with Crippen LogP contribution < -0.4 is 0 Å². The maximum absolute atomic E-state index is 14.0. The Morgan fingerprint density at radius 2 is 2.09 bits per heavy atom. The molecule has 0 amide bonds. The molecule has 1 saturated heterocycles. The van der Waals surface area contributed by atoms with E-state index in [9.17, 15) is 4.39 Å². The summed E-state index contributed by atoms with van der Waals surface area (Å²) in [7, 11) is 0. The average molecular weight is 334 g/mol. The van der Waals surface area contributed by atoms with Gasteiger partial charge in [0.05, 0.1) is 12.0 Å². The smallest absolute Gasteiger partial charge is 0.144 e. The van der Waals surface area contributed by atoms with Crippen LogP contribution in [0.3, 0.4) is 0 Å². The van der Waals surface area contributed by atoms with E-state index >= 15 is 0 Å². The van der Waals surface area contributed by atoms with E-state index in [-0.39, 0.29) is 12.1 Å². The molecule has 6 heteroatoms. The van der Waals surface area contributed by atoms with E-state index in [1.54, 1.807) is 24.3 Å². The van der Waals surface area contributed by atoms with Crippen LogP contribution >= 0.6 is 11.6 Å². The highest BCUT2D eigenvalue weighted by Crippen LogP contribution is 2.59. The fraction of sp³-hybridized carbons (Fsp3) is 0.176. The quantitative estimate of drug-likeness (QED) is 0.683. The number of rotatable bonds is 4. The van der Waals surface area contributed by atoms with E-state index in [0.29, 0.717) is 10.6 Å². The normalized spacial score (nSPS) is 25.4. The van der Waals surface area contributed by atoms with Gasteiger partial charge >= 0.3 is 0 Å². The van der Waals surface area contributed by atoms with Crippen LogP contribution in [0.4, 0.5) is 4.39 Å². The largest absolute Gasteiger partial charge is 0.354 e. The van der Waals surface area contributed by atoms with Crippen LogP contribution in [0.5, 0.6) is 0 Å². The summed E-state index contributed by atoms with van der Waals surface area (Å²) in [5.74, 6) is -1.19. The van der Waals surface area contributed by atoms with E-state index in [1.165, 1.54) is 17.3 Å². The average Bonchev–Trinajstić information content (AvgIpc) is 3.10. The van der Waals surface area contributed by atoms with Gasteiger partial charge in [-0.05, 0) is 23.7 Å². The van der Waals surface area contributed by atoms with Gasteiger partial charge in [-0.2, -0.15) is 5.10 Å². The molecule has 0 bridgehead atoms. The maximum atomic E-state index is 14.0. The van der Waals surface area contributed by atoms with Crippen molar-refractivity contribution < 1.29 is 14.6 Å². The van der Waals surface area contributed by atoms with Crippen molar-refractivity contribution >= 4 is 11.6 Å². The molecule has 0 saturated carbocycles. The highest BCUT2D eigenvalue weighted by atomic mass is 35.5. The van der Waals surface area contributed by atoms with E-state index < -0.39 is 41.7 Å². The number of epoxide rings is 1. The summed E-state index contributed by atoms with van der Waals surface area (Å²) in [6, 6.07) is 4.55. The monoisotopic (exact) mass is 333 g/mol. The lowest BCUT2D eigenvalue weighted by molar-refractivity contribution is 0.262. The minimum atomic E-state index is -1.27. The first-order chi connectivity index (χ1) is 12.9. The molecule has 3 aromatic rings. The molecular formula is C17H13ClFN3O. The molecular weight excluding hydrogens is 317 g/mol. The molecule has 0 N–H and O–H groups in total. The zero-order chi connectivity index (χ0) is 19.3. The lowest BCUT2D eigenvalue weighted by Crippen LogP contribution is -2.19. The Balaban J connectivity index is 1.91. The Hall–Kier alpha value is -2.24. The second-order valence-corrected chi connectivity index (χ2v) is 5.60. The SMILES string of the molecule is [2H]c1c([2H])c([C@@]2(Cn3cncn3)O[C@@H]2c2ccccc2Cl)c([2H])c([2H])c1F. The van der Waals surface area contributed by atoms with Gasteiger partial charge in [0, 0.05) is 10.6 Å². The van der Waals surface area contributed by atoms with Crippen LogP contribution in [0.25, 0.3) is 0 Å². The van der Waals surface area contributed by atoms with Gasteiger partial charge in [-0.25, -0.2) is 14.1 Å². The third-order valence-corrected chi connectivity index (χ3v) is 4.11. The fourth-order valence-corrected chi connectivity index (χ4v) is 2.87. The summed E-state index contributed by atoms with van der Waals surface area (Å²) in [6.45, 7) is 0.0746. The Morgan fingerprint density at radius 3 is 2.78 bits per heavy atom. The first-order valence-corrected chi connectivity index (χ1v) is 7.25. The van der Waals surface area contributed by atoms with Crippen molar-refractivity contribution in [2.75, 3.05) is 0 Å². The van der Waals surface area contributed by atoms with Crippen molar-refractivity contribution in [3.63, 3.8) is 0 Å². The van der Waals surface area contributed by atoms with E-state index in [2.05, 4.69) is 10.1 Å². The Labute approximate surface area is 143 Å². The topological polar surface area (TPSA) is 43.2 Å². The van der Waals surface area contributed by atoms with Crippen LogP contribution in [0.1, 0.15) is 22.7 Å². The van der Waals surface area contributed by atoms with Gasteiger partial charge in [0.2, 0.25) is 0 Å². The molecule has 2 heterocycles.